The number of hydrogen-bond acceptors (Lipinski definition) is 6. The molecule has 0 aliphatic carbocycles. The SMILES string of the molecule is C=CCc1cc(C=Nn2c(-c3cccc(C(F)(F)F)c3)nc3ccccc3c2=O)cc(OC)c1OCC(=O)Nc1ccccc1F. The summed E-state index contributed by atoms with van der Waals surface area (Å²) in [4.78, 5) is 30.5. The molecule has 0 saturated carbocycles. The number of carbonyl (C=O) groups is 1. The number of nitrogens with zero attached hydrogens (tertiary/aromatic N) is 3. The van der Waals surface area contributed by atoms with Crippen molar-refractivity contribution >= 4 is 28.7 Å². The number of fused-ring (bicyclic) bond motifs is 1. The van der Waals surface area contributed by atoms with Gasteiger partial charge in [0.05, 0.1) is 35.5 Å². The van der Waals surface area contributed by atoms with Crippen molar-refractivity contribution in [2.45, 2.75) is 12.6 Å². The van der Waals surface area contributed by atoms with Crippen LogP contribution in [0.4, 0.5) is 23.2 Å². The Labute approximate surface area is 260 Å². The summed E-state index contributed by atoms with van der Waals surface area (Å²) in [7, 11) is 1.39. The standard InChI is InChI=1S/C34H26F4N4O4/c1-3-9-22-16-21(17-29(45-2)31(22)46-20-30(43)40-28-15-7-5-13-26(28)35)19-39-42-32(23-10-8-11-24(18-23)34(36,37)38)41-27-14-6-4-12-25(27)33(42)44/h3-8,10-19H,1,9,20H2,2H3,(H,40,43). The zero-order chi connectivity index (χ0) is 32.8. The third kappa shape index (κ3) is 6.96. The van der Waals surface area contributed by atoms with Gasteiger partial charge in [0.1, 0.15) is 5.82 Å². The summed E-state index contributed by atoms with van der Waals surface area (Å²) in [6.07, 6.45) is -1.39. The molecule has 12 heteroatoms. The number of hydrogen-bond donors (Lipinski definition) is 1. The first kappa shape index (κ1) is 31.6. The number of ether oxygens (including phenoxy) is 2. The summed E-state index contributed by atoms with van der Waals surface area (Å²) in [5, 5.41) is 7.01. The van der Waals surface area contributed by atoms with Gasteiger partial charge in [-0.3, -0.25) is 9.59 Å². The molecule has 1 aromatic heterocycles. The van der Waals surface area contributed by atoms with Gasteiger partial charge in [0, 0.05) is 11.1 Å². The molecule has 0 saturated heterocycles. The molecule has 4 aromatic carbocycles. The van der Waals surface area contributed by atoms with E-state index in [0.717, 1.165) is 16.8 Å². The van der Waals surface area contributed by atoms with Crippen LogP contribution >= 0.6 is 0 Å². The Morgan fingerprint density at radius 3 is 2.54 bits per heavy atom. The molecule has 5 aromatic rings. The quantitative estimate of drug-likeness (QED) is 0.103. The summed E-state index contributed by atoms with van der Waals surface area (Å²) in [6, 6.07) is 19.8. The molecule has 5 rings (SSSR count). The first-order valence-corrected chi connectivity index (χ1v) is 13.8. The Balaban J connectivity index is 1.52. The summed E-state index contributed by atoms with van der Waals surface area (Å²) in [5.74, 6) is -0.835. The molecule has 0 radical (unpaired) electrons. The molecule has 0 aliphatic rings. The summed E-state index contributed by atoms with van der Waals surface area (Å²) in [5.41, 5.74) is -0.167. The van der Waals surface area contributed by atoms with Crippen molar-refractivity contribution in [3.63, 3.8) is 0 Å². The minimum atomic E-state index is -4.61. The van der Waals surface area contributed by atoms with Crippen molar-refractivity contribution in [2.75, 3.05) is 19.0 Å². The number of carbonyl (C=O) groups excluding carboxylic acids is 1. The molecule has 1 N–H and O–H groups in total. The lowest BCUT2D eigenvalue weighted by atomic mass is 10.1. The van der Waals surface area contributed by atoms with Crippen molar-refractivity contribution in [2.24, 2.45) is 5.10 Å². The number of rotatable bonds is 10. The molecule has 46 heavy (non-hydrogen) atoms. The lowest BCUT2D eigenvalue weighted by Crippen LogP contribution is -2.21. The van der Waals surface area contributed by atoms with E-state index in [1.165, 1.54) is 43.7 Å². The maximum absolute atomic E-state index is 14.0. The second kappa shape index (κ2) is 13.5. The van der Waals surface area contributed by atoms with E-state index in [4.69, 9.17) is 9.47 Å². The number of amides is 1. The Kier molecular flexibility index (Phi) is 9.26. The highest BCUT2D eigenvalue weighted by molar-refractivity contribution is 5.92. The average molecular weight is 631 g/mol. The maximum atomic E-state index is 14.0. The number of benzene rings is 4. The molecule has 234 valence electrons. The van der Waals surface area contributed by atoms with E-state index in [-0.39, 0.29) is 40.4 Å². The summed E-state index contributed by atoms with van der Waals surface area (Å²) < 4.78 is 66.7. The number of aromatic nitrogens is 2. The van der Waals surface area contributed by atoms with Crippen LogP contribution in [-0.2, 0) is 17.4 Å². The number of halogens is 4. The number of nitrogens with one attached hydrogen (secondary N) is 1. The van der Waals surface area contributed by atoms with E-state index < -0.39 is 35.6 Å². The molecule has 8 nitrogen and oxygen atoms in total. The van der Waals surface area contributed by atoms with Crippen LogP contribution in [0.5, 0.6) is 11.5 Å². The van der Waals surface area contributed by atoms with Crippen molar-refractivity contribution in [3.05, 3.63) is 130 Å². The highest BCUT2D eigenvalue weighted by atomic mass is 19.4. The van der Waals surface area contributed by atoms with Crippen LogP contribution in [0, 0.1) is 5.82 Å². The van der Waals surface area contributed by atoms with Gasteiger partial charge in [-0.05, 0) is 60.5 Å². The van der Waals surface area contributed by atoms with Crippen LogP contribution in [0.15, 0.2) is 107 Å². The van der Waals surface area contributed by atoms with E-state index >= 15 is 0 Å². The molecular weight excluding hydrogens is 604 g/mol. The van der Waals surface area contributed by atoms with Gasteiger partial charge < -0.3 is 14.8 Å². The van der Waals surface area contributed by atoms with Crippen LogP contribution in [0.2, 0.25) is 0 Å². The van der Waals surface area contributed by atoms with E-state index in [0.29, 0.717) is 16.6 Å². The zero-order valence-electron chi connectivity index (χ0n) is 24.3. The Morgan fingerprint density at radius 1 is 1.04 bits per heavy atom. The highest BCUT2D eigenvalue weighted by Gasteiger charge is 2.31. The van der Waals surface area contributed by atoms with Gasteiger partial charge in [-0.2, -0.15) is 22.9 Å². The minimum Gasteiger partial charge on any atom is -0.493 e. The third-order valence-corrected chi connectivity index (χ3v) is 6.76. The zero-order valence-corrected chi connectivity index (χ0v) is 24.3. The second-order valence-corrected chi connectivity index (χ2v) is 9.91. The topological polar surface area (TPSA) is 94.8 Å². The van der Waals surface area contributed by atoms with Crippen molar-refractivity contribution in [1.82, 2.24) is 9.66 Å². The maximum Gasteiger partial charge on any atom is 0.416 e. The molecule has 0 aliphatic heterocycles. The number of para-hydroxylation sites is 2. The fraction of sp³-hybridized carbons (Fsp3) is 0.118. The van der Waals surface area contributed by atoms with Gasteiger partial charge in [-0.15, -0.1) is 6.58 Å². The Hall–Kier alpha value is -5.78. The normalized spacial score (nSPS) is 11.5. The van der Waals surface area contributed by atoms with E-state index in [9.17, 15) is 27.2 Å². The summed E-state index contributed by atoms with van der Waals surface area (Å²) in [6.45, 7) is 3.30. The number of anilines is 1. The van der Waals surface area contributed by atoms with Crippen LogP contribution in [-0.4, -0.2) is 35.5 Å². The van der Waals surface area contributed by atoms with E-state index in [1.54, 1.807) is 48.5 Å². The lowest BCUT2D eigenvalue weighted by molar-refractivity contribution is -0.137. The molecule has 0 spiro atoms. The van der Waals surface area contributed by atoms with Crippen LogP contribution in [0.3, 0.4) is 0 Å². The predicted octanol–water partition coefficient (Wildman–Crippen LogP) is 6.86. The first-order chi connectivity index (χ1) is 22.1. The molecular formula is C34H26F4N4O4. The van der Waals surface area contributed by atoms with Crippen molar-refractivity contribution in [3.8, 4) is 22.9 Å². The minimum absolute atomic E-state index is 0.00358. The summed E-state index contributed by atoms with van der Waals surface area (Å²) >= 11 is 0. The largest absolute Gasteiger partial charge is 0.493 e. The lowest BCUT2D eigenvalue weighted by Gasteiger charge is -2.16. The Bertz CT molecular complexity index is 2020. The third-order valence-electron chi connectivity index (χ3n) is 6.76. The van der Waals surface area contributed by atoms with E-state index in [2.05, 4.69) is 22.0 Å². The van der Waals surface area contributed by atoms with Gasteiger partial charge in [0.15, 0.2) is 23.9 Å². The van der Waals surface area contributed by atoms with Gasteiger partial charge in [0.2, 0.25) is 0 Å². The van der Waals surface area contributed by atoms with Crippen molar-refractivity contribution in [1.29, 1.82) is 0 Å². The molecule has 0 fully saturated rings. The van der Waals surface area contributed by atoms with Gasteiger partial charge in [-0.1, -0.05) is 42.5 Å². The monoisotopic (exact) mass is 630 g/mol. The molecule has 1 heterocycles. The molecule has 0 atom stereocenters. The molecule has 0 bridgehead atoms. The predicted molar refractivity (Wildman–Crippen MR) is 167 cm³/mol. The smallest absolute Gasteiger partial charge is 0.416 e. The fourth-order valence-corrected chi connectivity index (χ4v) is 4.64. The average Bonchev–Trinajstić information content (AvgIpc) is 3.04. The van der Waals surface area contributed by atoms with Gasteiger partial charge in [0.25, 0.3) is 11.5 Å². The van der Waals surface area contributed by atoms with Crippen LogP contribution in [0.1, 0.15) is 16.7 Å². The van der Waals surface area contributed by atoms with Crippen molar-refractivity contribution < 1.29 is 31.8 Å². The first-order valence-electron chi connectivity index (χ1n) is 13.8. The Morgan fingerprint density at radius 2 is 1.80 bits per heavy atom. The van der Waals surface area contributed by atoms with Crippen LogP contribution < -0.4 is 20.3 Å². The van der Waals surface area contributed by atoms with Gasteiger partial charge >= 0.3 is 6.18 Å². The molecule has 0 unspecified atom stereocenters. The number of methoxy groups -OCH3 is 1. The number of allylic oxidation sites excluding steroid dienone is 1. The van der Waals surface area contributed by atoms with Gasteiger partial charge in [-0.25, -0.2) is 9.37 Å². The molecule has 1 amide bonds. The highest BCUT2D eigenvalue weighted by Crippen LogP contribution is 2.34. The number of alkyl halides is 3. The fourth-order valence-electron chi connectivity index (χ4n) is 4.64. The second-order valence-electron chi connectivity index (χ2n) is 9.91. The van der Waals surface area contributed by atoms with Crippen LogP contribution in [0.25, 0.3) is 22.3 Å². The van der Waals surface area contributed by atoms with E-state index in [1.807, 2.05) is 0 Å².